The van der Waals surface area contributed by atoms with Gasteiger partial charge in [-0.05, 0) is 37.6 Å². The van der Waals surface area contributed by atoms with E-state index in [9.17, 15) is 0 Å². The van der Waals surface area contributed by atoms with Crippen molar-refractivity contribution < 1.29 is 0 Å². The molecule has 2 rings (SSSR count). The highest BCUT2D eigenvalue weighted by molar-refractivity contribution is 5.85. The van der Waals surface area contributed by atoms with Crippen molar-refractivity contribution in [1.29, 1.82) is 0 Å². The first kappa shape index (κ1) is 12.4. The summed E-state index contributed by atoms with van der Waals surface area (Å²) in [5, 5.41) is 6.92. The fourth-order valence-corrected chi connectivity index (χ4v) is 1.79. The van der Waals surface area contributed by atoms with Crippen molar-refractivity contribution in [3.8, 4) is 0 Å². The van der Waals surface area contributed by atoms with E-state index in [0.29, 0.717) is 6.04 Å². The lowest BCUT2D eigenvalue weighted by Gasteiger charge is -2.23. The molecule has 0 unspecified atom stereocenters. The van der Waals surface area contributed by atoms with Crippen LogP contribution in [-0.4, -0.2) is 24.1 Å². The van der Waals surface area contributed by atoms with E-state index in [0.717, 1.165) is 19.6 Å². The molecular weight excluding hydrogens is 210 g/mol. The molecule has 0 atom stereocenters. The largest absolute Gasteiger partial charge is 0.317 e. The number of hydrogen-bond acceptors (Lipinski definition) is 3. The first-order valence-corrected chi connectivity index (χ1v) is 5.28. The van der Waals surface area contributed by atoms with E-state index in [1.807, 2.05) is 18.5 Å². The number of hydrogen-bond donors (Lipinski definition) is 2. The van der Waals surface area contributed by atoms with Gasteiger partial charge in [-0.2, -0.15) is 0 Å². The molecule has 1 saturated heterocycles. The maximum Gasteiger partial charge on any atom is 0.0312 e. The van der Waals surface area contributed by atoms with Crippen molar-refractivity contribution >= 4 is 12.4 Å². The average Bonchev–Trinajstić information content (AvgIpc) is 2.29. The van der Waals surface area contributed by atoms with Crippen molar-refractivity contribution in [1.82, 2.24) is 15.6 Å². The van der Waals surface area contributed by atoms with Crippen LogP contribution < -0.4 is 10.6 Å². The zero-order chi connectivity index (χ0) is 9.64. The highest BCUT2D eigenvalue weighted by Gasteiger charge is 2.11. The van der Waals surface area contributed by atoms with Gasteiger partial charge in [-0.3, -0.25) is 4.98 Å². The summed E-state index contributed by atoms with van der Waals surface area (Å²) in [6.07, 6.45) is 6.21. The molecule has 1 aromatic rings. The maximum atomic E-state index is 4.10. The highest BCUT2D eigenvalue weighted by Crippen LogP contribution is 2.03. The Hall–Kier alpha value is -0.640. The normalized spacial score (nSPS) is 17.1. The van der Waals surface area contributed by atoms with Crippen LogP contribution in [0.4, 0.5) is 0 Å². The number of pyridine rings is 1. The Kier molecular flexibility index (Phi) is 5.61. The van der Waals surface area contributed by atoms with Gasteiger partial charge < -0.3 is 10.6 Å². The molecule has 2 N–H and O–H groups in total. The lowest BCUT2D eigenvalue weighted by atomic mass is 10.1. The molecule has 15 heavy (non-hydrogen) atoms. The summed E-state index contributed by atoms with van der Waals surface area (Å²) in [5.74, 6) is 0. The molecule has 0 bridgehead atoms. The Bertz CT molecular complexity index is 260. The Balaban J connectivity index is 0.00000112. The van der Waals surface area contributed by atoms with E-state index >= 15 is 0 Å². The van der Waals surface area contributed by atoms with Crippen LogP contribution in [0.3, 0.4) is 0 Å². The van der Waals surface area contributed by atoms with Gasteiger partial charge in [0.1, 0.15) is 0 Å². The van der Waals surface area contributed by atoms with E-state index in [1.165, 1.54) is 18.4 Å². The Morgan fingerprint density at radius 1 is 1.40 bits per heavy atom. The molecule has 84 valence electrons. The minimum atomic E-state index is 0. The molecule has 0 radical (unpaired) electrons. The van der Waals surface area contributed by atoms with E-state index in [4.69, 9.17) is 0 Å². The molecule has 0 saturated carbocycles. The van der Waals surface area contributed by atoms with Gasteiger partial charge in [0.15, 0.2) is 0 Å². The van der Waals surface area contributed by atoms with Gasteiger partial charge in [-0.15, -0.1) is 12.4 Å². The van der Waals surface area contributed by atoms with Gasteiger partial charge >= 0.3 is 0 Å². The Morgan fingerprint density at radius 2 is 2.20 bits per heavy atom. The Morgan fingerprint density at radius 3 is 2.87 bits per heavy atom. The van der Waals surface area contributed by atoms with Crippen LogP contribution in [0.1, 0.15) is 18.4 Å². The monoisotopic (exact) mass is 227 g/mol. The predicted octanol–water partition coefficient (Wildman–Crippen LogP) is 1.34. The van der Waals surface area contributed by atoms with Crippen molar-refractivity contribution in [2.45, 2.75) is 25.4 Å². The molecule has 0 spiro atoms. The number of nitrogens with zero attached hydrogens (tertiary/aromatic N) is 1. The molecule has 0 aromatic carbocycles. The fourth-order valence-electron chi connectivity index (χ4n) is 1.79. The second-order valence-electron chi connectivity index (χ2n) is 3.77. The third-order valence-electron chi connectivity index (χ3n) is 2.66. The molecule has 0 aliphatic carbocycles. The summed E-state index contributed by atoms with van der Waals surface area (Å²) in [7, 11) is 0. The van der Waals surface area contributed by atoms with Gasteiger partial charge in [0.2, 0.25) is 0 Å². The average molecular weight is 228 g/mol. The molecule has 0 amide bonds. The lowest BCUT2D eigenvalue weighted by Crippen LogP contribution is -2.39. The molecule has 3 nitrogen and oxygen atoms in total. The number of piperidine rings is 1. The van der Waals surface area contributed by atoms with Crippen molar-refractivity contribution in [3.05, 3.63) is 30.1 Å². The lowest BCUT2D eigenvalue weighted by molar-refractivity contribution is 0.386. The number of halogens is 1. The third-order valence-corrected chi connectivity index (χ3v) is 2.66. The molecule has 1 fully saturated rings. The summed E-state index contributed by atoms with van der Waals surface area (Å²) in [6.45, 7) is 3.23. The second-order valence-corrected chi connectivity index (χ2v) is 3.77. The zero-order valence-corrected chi connectivity index (χ0v) is 9.59. The van der Waals surface area contributed by atoms with Crippen LogP contribution in [0.25, 0.3) is 0 Å². The van der Waals surface area contributed by atoms with Gasteiger partial charge in [0, 0.05) is 25.0 Å². The van der Waals surface area contributed by atoms with Crippen LogP contribution in [0.5, 0.6) is 0 Å². The Labute approximate surface area is 97.1 Å². The first-order chi connectivity index (χ1) is 6.95. The van der Waals surface area contributed by atoms with E-state index in [-0.39, 0.29) is 12.4 Å². The van der Waals surface area contributed by atoms with Gasteiger partial charge in [-0.1, -0.05) is 6.07 Å². The van der Waals surface area contributed by atoms with Crippen LogP contribution in [0.2, 0.25) is 0 Å². The van der Waals surface area contributed by atoms with Crippen molar-refractivity contribution in [3.63, 3.8) is 0 Å². The van der Waals surface area contributed by atoms with Crippen molar-refractivity contribution in [2.75, 3.05) is 13.1 Å². The third kappa shape index (κ3) is 4.16. The van der Waals surface area contributed by atoms with E-state index in [1.54, 1.807) is 0 Å². The number of rotatable bonds is 3. The minimum absolute atomic E-state index is 0. The summed E-state index contributed by atoms with van der Waals surface area (Å²) < 4.78 is 0. The van der Waals surface area contributed by atoms with Crippen LogP contribution in [-0.2, 0) is 6.54 Å². The minimum Gasteiger partial charge on any atom is -0.317 e. The highest BCUT2D eigenvalue weighted by atomic mass is 35.5. The quantitative estimate of drug-likeness (QED) is 0.819. The summed E-state index contributed by atoms with van der Waals surface area (Å²) in [4.78, 5) is 4.10. The number of nitrogens with one attached hydrogen (secondary N) is 2. The maximum absolute atomic E-state index is 4.10. The van der Waals surface area contributed by atoms with Crippen LogP contribution >= 0.6 is 12.4 Å². The standard InChI is InChI=1S/C11H17N3.ClH/c1-2-10(8-13-5-1)9-14-11-3-6-12-7-4-11;/h1-2,5,8,11-12,14H,3-4,6-7,9H2;1H. The summed E-state index contributed by atoms with van der Waals surface area (Å²) in [5.41, 5.74) is 1.27. The van der Waals surface area contributed by atoms with E-state index in [2.05, 4.69) is 21.7 Å². The van der Waals surface area contributed by atoms with E-state index < -0.39 is 0 Å². The van der Waals surface area contributed by atoms with Crippen LogP contribution in [0.15, 0.2) is 24.5 Å². The fraction of sp³-hybridized carbons (Fsp3) is 0.545. The zero-order valence-electron chi connectivity index (χ0n) is 8.78. The topological polar surface area (TPSA) is 37.0 Å². The predicted molar refractivity (Wildman–Crippen MR) is 64.2 cm³/mol. The van der Waals surface area contributed by atoms with Gasteiger partial charge in [-0.25, -0.2) is 0 Å². The molecule has 1 aliphatic rings. The second kappa shape index (κ2) is 6.77. The molecule has 1 aliphatic heterocycles. The molecule has 2 heterocycles. The molecule has 1 aromatic heterocycles. The number of aromatic nitrogens is 1. The SMILES string of the molecule is Cl.c1cncc(CNC2CCNCC2)c1. The van der Waals surface area contributed by atoms with Gasteiger partial charge in [0.05, 0.1) is 0 Å². The van der Waals surface area contributed by atoms with Crippen molar-refractivity contribution in [2.24, 2.45) is 0 Å². The van der Waals surface area contributed by atoms with Crippen LogP contribution in [0, 0.1) is 0 Å². The molecule has 4 heteroatoms. The first-order valence-electron chi connectivity index (χ1n) is 5.28. The van der Waals surface area contributed by atoms with Gasteiger partial charge in [0.25, 0.3) is 0 Å². The summed E-state index contributed by atoms with van der Waals surface area (Å²) in [6, 6.07) is 4.78. The molecular formula is C11H18ClN3. The summed E-state index contributed by atoms with van der Waals surface area (Å²) >= 11 is 0. The smallest absolute Gasteiger partial charge is 0.0312 e.